The van der Waals surface area contributed by atoms with E-state index in [4.69, 9.17) is 10.6 Å². The van der Waals surface area contributed by atoms with E-state index in [0.717, 1.165) is 18.4 Å². The molecule has 146 valence electrons. The highest BCUT2D eigenvalue weighted by molar-refractivity contribution is 5.94. The van der Waals surface area contributed by atoms with Crippen molar-refractivity contribution >= 4 is 29.7 Å². The third kappa shape index (κ3) is 7.47. The second-order valence-corrected chi connectivity index (χ2v) is 6.50. The lowest BCUT2D eigenvalue weighted by atomic mass is 10.1. The lowest BCUT2D eigenvalue weighted by Gasteiger charge is -2.17. The Morgan fingerprint density at radius 1 is 1.22 bits per heavy atom. The van der Waals surface area contributed by atoms with Gasteiger partial charge in [0.1, 0.15) is 6.04 Å². The first-order valence-corrected chi connectivity index (χ1v) is 9.11. The number of esters is 1. The average molecular weight is 374 g/mol. The standard InChI is InChI=1S/C19H26N4O4/c1-2-27-19(26)16(11-13-3-4-13)23-18(25)10-9-17(24)22-15-7-5-14(6-8-15)12-21-20/h5-8,12-13,16H,2-4,9-11,20H2,1H3,(H,22,24)(H,23,25). The molecule has 8 nitrogen and oxygen atoms in total. The fourth-order valence-corrected chi connectivity index (χ4v) is 2.60. The minimum atomic E-state index is -0.634. The van der Waals surface area contributed by atoms with Crippen molar-refractivity contribution in [2.75, 3.05) is 11.9 Å². The Labute approximate surface area is 158 Å². The van der Waals surface area contributed by atoms with Gasteiger partial charge in [-0.3, -0.25) is 9.59 Å². The largest absolute Gasteiger partial charge is 0.464 e. The van der Waals surface area contributed by atoms with Crippen LogP contribution < -0.4 is 16.5 Å². The molecule has 0 saturated heterocycles. The number of benzene rings is 1. The maximum absolute atomic E-state index is 12.1. The molecule has 2 amide bonds. The van der Waals surface area contributed by atoms with Crippen molar-refractivity contribution in [2.45, 2.75) is 45.1 Å². The van der Waals surface area contributed by atoms with E-state index in [-0.39, 0.29) is 31.3 Å². The van der Waals surface area contributed by atoms with E-state index >= 15 is 0 Å². The van der Waals surface area contributed by atoms with E-state index in [2.05, 4.69) is 15.7 Å². The van der Waals surface area contributed by atoms with E-state index in [9.17, 15) is 14.4 Å². The van der Waals surface area contributed by atoms with Gasteiger partial charge in [0.2, 0.25) is 11.8 Å². The van der Waals surface area contributed by atoms with Gasteiger partial charge >= 0.3 is 5.97 Å². The molecule has 0 aromatic heterocycles. The molecule has 1 unspecified atom stereocenters. The summed E-state index contributed by atoms with van der Waals surface area (Å²) in [6, 6.07) is 6.34. The number of amides is 2. The average Bonchev–Trinajstić information content (AvgIpc) is 3.46. The lowest BCUT2D eigenvalue weighted by Crippen LogP contribution is -2.42. The van der Waals surface area contributed by atoms with Crippen molar-refractivity contribution in [2.24, 2.45) is 16.9 Å². The van der Waals surface area contributed by atoms with Crippen LogP contribution in [0.2, 0.25) is 0 Å². The minimum absolute atomic E-state index is 0.00429. The fraction of sp³-hybridized carbons (Fsp3) is 0.474. The molecule has 0 radical (unpaired) electrons. The number of hydrogen-bond donors (Lipinski definition) is 3. The highest BCUT2D eigenvalue weighted by Crippen LogP contribution is 2.33. The van der Waals surface area contributed by atoms with E-state index in [0.29, 0.717) is 18.0 Å². The quantitative estimate of drug-likeness (QED) is 0.248. The zero-order chi connectivity index (χ0) is 19.6. The van der Waals surface area contributed by atoms with Gasteiger partial charge in [0, 0.05) is 18.5 Å². The summed E-state index contributed by atoms with van der Waals surface area (Å²) in [7, 11) is 0. The SMILES string of the molecule is CCOC(=O)C(CC1CC1)NC(=O)CCC(=O)Nc1ccc(C=NN)cc1. The van der Waals surface area contributed by atoms with Crippen LogP contribution in [-0.4, -0.2) is 36.6 Å². The Hall–Kier alpha value is -2.90. The van der Waals surface area contributed by atoms with Gasteiger partial charge in [-0.2, -0.15) is 5.10 Å². The zero-order valence-electron chi connectivity index (χ0n) is 15.4. The lowest BCUT2D eigenvalue weighted by molar-refractivity contribution is -0.147. The van der Waals surface area contributed by atoms with Crippen LogP contribution >= 0.6 is 0 Å². The van der Waals surface area contributed by atoms with E-state index in [1.54, 1.807) is 31.2 Å². The van der Waals surface area contributed by atoms with Gasteiger partial charge in [0.25, 0.3) is 0 Å². The van der Waals surface area contributed by atoms with Gasteiger partial charge in [-0.15, -0.1) is 0 Å². The van der Waals surface area contributed by atoms with Gasteiger partial charge in [-0.05, 0) is 37.0 Å². The van der Waals surface area contributed by atoms with Crippen LogP contribution in [0.3, 0.4) is 0 Å². The van der Waals surface area contributed by atoms with Crippen molar-refractivity contribution in [3.05, 3.63) is 29.8 Å². The molecular weight excluding hydrogens is 348 g/mol. The Morgan fingerprint density at radius 2 is 1.89 bits per heavy atom. The normalized spacial score (nSPS) is 14.6. The molecule has 1 aromatic carbocycles. The van der Waals surface area contributed by atoms with Crippen LogP contribution in [0.25, 0.3) is 0 Å². The molecule has 1 fully saturated rings. The third-order valence-electron chi connectivity index (χ3n) is 4.17. The summed E-state index contributed by atoms with van der Waals surface area (Å²) in [5, 5.41) is 8.84. The van der Waals surface area contributed by atoms with Gasteiger partial charge in [0.15, 0.2) is 0 Å². The summed E-state index contributed by atoms with van der Waals surface area (Å²) >= 11 is 0. The number of nitrogens with two attached hydrogens (primary N) is 1. The number of carbonyl (C=O) groups is 3. The molecule has 27 heavy (non-hydrogen) atoms. The summed E-state index contributed by atoms with van der Waals surface area (Å²) in [6.45, 7) is 2.00. The summed E-state index contributed by atoms with van der Waals surface area (Å²) in [5.41, 5.74) is 1.43. The van der Waals surface area contributed by atoms with E-state index < -0.39 is 12.0 Å². The first kappa shape index (κ1) is 20.4. The van der Waals surface area contributed by atoms with Crippen molar-refractivity contribution in [1.29, 1.82) is 0 Å². The number of carbonyl (C=O) groups excluding carboxylic acids is 3. The Bertz CT molecular complexity index is 683. The van der Waals surface area contributed by atoms with Gasteiger partial charge < -0.3 is 21.2 Å². The molecule has 0 aliphatic heterocycles. The van der Waals surface area contributed by atoms with E-state index in [1.165, 1.54) is 6.21 Å². The van der Waals surface area contributed by atoms with Crippen LogP contribution in [0.15, 0.2) is 29.4 Å². The second kappa shape index (κ2) is 10.3. The summed E-state index contributed by atoms with van der Waals surface area (Å²) < 4.78 is 5.02. The van der Waals surface area contributed by atoms with Crippen LogP contribution in [0.4, 0.5) is 5.69 Å². The zero-order valence-corrected chi connectivity index (χ0v) is 15.4. The predicted octanol–water partition coefficient (Wildman–Crippen LogP) is 1.55. The topological polar surface area (TPSA) is 123 Å². The molecule has 4 N–H and O–H groups in total. The van der Waals surface area contributed by atoms with Crippen molar-refractivity contribution < 1.29 is 19.1 Å². The van der Waals surface area contributed by atoms with Gasteiger partial charge in [0.05, 0.1) is 12.8 Å². The first-order valence-electron chi connectivity index (χ1n) is 9.11. The molecule has 2 rings (SSSR count). The summed E-state index contributed by atoms with van der Waals surface area (Å²) in [6.07, 6.45) is 4.27. The third-order valence-corrected chi connectivity index (χ3v) is 4.17. The highest BCUT2D eigenvalue weighted by atomic mass is 16.5. The number of ether oxygens (including phenoxy) is 1. The number of anilines is 1. The van der Waals surface area contributed by atoms with Gasteiger partial charge in [-0.25, -0.2) is 4.79 Å². The fourth-order valence-electron chi connectivity index (χ4n) is 2.60. The smallest absolute Gasteiger partial charge is 0.328 e. The predicted molar refractivity (Wildman–Crippen MR) is 102 cm³/mol. The molecule has 1 aliphatic carbocycles. The molecular formula is C19H26N4O4. The van der Waals surface area contributed by atoms with Crippen LogP contribution in [0.1, 0.15) is 44.6 Å². The maximum Gasteiger partial charge on any atom is 0.328 e. The van der Waals surface area contributed by atoms with Gasteiger partial charge in [-0.1, -0.05) is 25.0 Å². The van der Waals surface area contributed by atoms with Crippen LogP contribution in [-0.2, 0) is 19.1 Å². The van der Waals surface area contributed by atoms with Crippen molar-refractivity contribution in [3.63, 3.8) is 0 Å². The molecule has 0 bridgehead atoms. The molecule has 0 spiro atoms. The molecule has 0 heterocycles. The number of nitrogens with one attached hydrogen (secondary N) is 2. The number of rotatable bonds is 10. The van der Waals surface area contributed by atoms with Crippen molar-refractivity contribution in [3.8, 4) is 0 Å². The van der Waals surface area contributed by atoms with Crippen LogP contribution in [0.5, 0.6) is 0 Å². The molecule has 1 aliphatic rings. The molecule has 1 atom stereocenters. The number of hydrazone groups is 1. The monoisotopic (exact) mass is 374 g/mol. The molecule has 1 aromatic rings. The summed E-state index contributed by atoms with van der Waals surface area (Å²) in [5.74, 6) is 4.52. The second-order valence-electron chi connectivity index (χ2n) is 6.50. The molecule has 1 saturated carbocycles. The first-order chi connectivity index (χ1) is 13.0. The Morgan fingerprint density at radius 3 is 2.48 bits per heavy atom. The Balaban J connectivity index is 1.77. The van der Waals surface area contributed by atoms with Crippen molar-refractivity contribution in [1.82, 2.24) is 5.32 Å². The summed E-state index contributed by atoms with van der Waals surface area (Å²) in [4.78, 5) is 36.1. The minimum Gasteiger partial charge on any atom is -0.464 e. The molecule has 8 heteroatoms. The number of nitrogens with zero attached hydrogens (tertiary/aromatic N) is 1. The number of hydrogen-bond acceptors (Lipinski definition) is 6. The maximum atomic E-state index is 12.1. The van der Waals surface area contributed by atoms with E-state index in [1.807, 2.05) is 0 Å². The van der Waals surface area contributed by atoms with Crippen LogP contribution in [0, 0.1) is 5.92 Å². The Kier molecular flexibility index (Phi) is 7.79. The highest BCUT2D eigenvalue weighted by Gasteiger charge is 2.31.